The number of amides is 1. The van der Waals surface area contributed by atoms with Crippen molar-refractivity contribution < 1.29 is 14.7 Å². The zero-order valence-corrected chi connectivity index (χ0v) is 11.5. The van der Waals surface area contributed by atoms with E-state index in [9.17, 15) is 9.59 Å². The van der Waals surface area contributed by atoms with Crippen LogP contribution in [-0.2, 0) is 11.2 Å². The van der Waals surface area contributed by atoms with Crippen LogP contribution >= 0.6 is 0 Å². The molecule has 2 heterocycles. The summed E-state index contributed by atoms with van der Waals surface area (Å²) in [5.74, 6) is -0.841. The van der Waals surface area contributed by atoms with Crippen LogP contribution < -0.4 is 10.6 Å². The van der Waals surface area contributed by atoms with Gasteiger partial charge in [-0.25, -0.2) is 9.78 Å². The number of hydrogen-bond acceptors (Lipinski definition) is 4. The molecule has 6 heteroatoms. The fourth-order valence-corrected chi connectivity index (χ4v) is 2.53. The molecule has 1 aromatic rings. The van der Waals surface area contributed by atoms with Gasteiger partial charge in [-0.15, -0.1) is 0 Å². The molecule has 3 N–H and O–H groups in total. The summed E-state index contributed by atoms with van der Waals surface area (Å²) >= 11 is 0. The number of carboxylic acid groups (broad SMARTS) is 1. The summed E-state index contributed by atoms with van der Waals surface area (Å²) in [5, 5.41) is 9.16. The van der Waals surface area contributed by atoms with E-state index < -0.39 is 12.0 Å². The van der Waals surface area contributed by atoms with Crippen molar-refractivity contribution in [1.82, 2.24) is 4.98 Å². The monoisotopic (exact) mass is 277 g/mol. The molecule has 0 aliphatic carbocycles. The molecule has 1 aliphatic rings. The van der Waals surface area contributed by atoms with Gasteiger partial charge in [-0.3, -0.25) is 4.79 Å². The van der Waals surface area contributed by atoms with E-state index in [1.807, 2.05) is 11.8 Å². The van der Waals surface area contributed by atoms with E-state index in [2.05, 4.69) is 4.98 Å². The second-order valence-electron chi connectivity index (χ2n) is 4.97. The van der Waals surface area contributed by atoms with Gasteiger partial charge in [0.25, 0.3) is 0 Å². The maximum Gasteiger partial charge on any atom is 0.335 e. The molecule has 1 fully saturated rings. The lowest BCUT2D eigenvalue weighted by Gasteiger charge is -2.34. The van der Waals surface area contributed by atoms with E-state index in [0.717, 1.165) is 12.8 Å². The van der Waals surface area contributed by atoms with Crippen LogP contribution in [0.4, 0.5) is 5.82 Å². The molecule has 6 nitrogen and oxygen atoms in total. The third kappa shape index (κ3) is 2.89. The Kier molecular flexibility index (Phi) is 4.22. The molecule has 0 aromatic carbocycles. The zero-order chi connectivity index (χ0) is 14.7. The van der Waals surface area contributed by atoms with E-state index in [1.165, 1.54) is 6.07 Å². The molecule has 0 bridgehead atoms. The number of carbonyl (C=O) groups is 2. The van der Waals surface area contributed by atoms with Crippen molar-refractivity contribution in [1.29, 1.82) is 0 Å². The summed E-state index contributed by atoms with van der Waals surface area (Å²) in [4.78, 5) is 29.0. The minimum atomic E-state index is -0.990. The smallest absolute Gasteiger partial charge is 0.335 e. The molecular formula is C14H19N3O3. The minimum Gasteiger partial charge on any atom is -0.478 e. The van der Waals surface area contributed by atoms with Gasteiger partial charge in [-0.1, -0.05) is 6.92 Å². The minimum absolute atomic E-state index is 0.195. The molecule has 0 spiro atoms. The summed E-state index contributed by atoms with van der Waals surface area (Å²) < 4.78 is 0. The number of piperidine rings is 1. The van der Waals surface area contributed by atoms with Gasteiger partial charge in [0.15, 0.2) is 0 Å². The maximum atomic E-state index is 11.5. The number of primary amides is 1. The normalized spacial score (nSPS) is 18.9. The highest BCUT2D eigenvalue weighted by Gasteiger charge is 2.28. The number of aromatic nitrogens is 1. The van der Waals surface area contributed by atoms with Gasteiger partial charge in [0.1, 0.15) is 11.9 Å². The highest BCUT2D eigenvalue weighted by atomic mass is 16.4. The third-order valence-corrected chi connectivity index (χ3v) is 3.60. The van der Waals surface area contributed by atoms with Gasteiger partial charge < -0.3 is 15.7 Å². The zero-order valence-electron chi connectivity index (χ0n) is 11.5. The molecule has 1 saturated heterocycles. The topological polar surface area (TPSA) is 96.5 Å². The Morgan fingerprint density at radius 2 is 2.20 bits per heavy atom. The Morgan fingerprint density at radius 3 is 2.80 bits per heavy atom. The number of aryl methyl sites for hydroxylation is 1. The van der Waals surface area contributed by atoms with E-state index in [-0.39, 0.29) is 11.5 Å². The van der Waals surface area contributed by atoms with Crippen molar-refractivity contribution in [2.45, 2.75) is 38.6 Å². The van der Waals surface area contributed by atoms with Crippen LogP contribution in [0.15, 0.2) is 12.1 Å². The third-order valence-electron chi connectivity index (χ3n) is 3.60. The number of rotatable bonds is 4. The number of anilines is 1. The summed E-state index contributed by atoms with van der Waals surface area (Å²) in [5.41, 5.74) is 6.34. The lowest BCUT2D eigenvalue weighted by Crippen LogP contribution is -2.48. The second kappa shape index (κ2) is 5.90. The molecule has 2 rings (SSSR count). The SMILES string of the molecule is CCc1cc(C(=O)O)cc(N2CCCCC2C(N)=O)n1. The van der Waals surface area contributed by atoms with Crippen LogP contribution in [0.2, 0.25) is 0 Å². The number of aromatic carboxylic acids is 1. The average molecular weight is 277 g/mol. The Morgan fingerprint density at radius 1 is 1.45 bits per heavy atom. The largest absolute Gasteiger partial charge is 0.478 e. The molecule has 1 unspecified atom stereocenters. The lowest BCUT2D eigenvalue weighted by atomic mass is 10.0. The van der Waals surface area contributed by atoms with Crippen molar-refractivity contribution in [2.75, 3.05) is 11.4 Å². The molecular weight excluding hydrogens is 258 g/mol. The Hall–Kier alpha value is -2.11. The first kappa shape index (κ1) is 14.3. The molecule has 0 saturated carbocycles. The first-order valence-corrected chi connectivity index (χ1v) is 6.83. The molecule has 1 amide bonds. The summed E-state index contributed by atoms with van der Waals surface area (Å²) in [6.45, 7) is 2.59. The van der Waals surface area contributed by atoms with Gasteiger partial charge in [0, 0.05) is 12.2 Å². The number of hydrogen-bond donors (Lipinski definition) is 2. The van der Waals surface area contributed by atoms with Crippen LogP contribution in [0, 0.1) is 0 Å². The summed E-state index contributed by atoms with van der Waals surface area (Å²) in [6, 6.07) is 2.68. The maximum absolute atomic E-state index is 11.5. The lowest BCUT2D eigenvalue weighted by molar-refractivity contribution is -0.119. The van der Waals surface area contributed by atoms with Crippen molar-refractivity contribution in [2.24, 2.45) is 5.73 Å². The van der Waals surface area contributed by atoms with Gasteiger partial charge in [0.05, 0.1) is 5.56 Å². The Bertz CT molecular complexity index is 530. The fourth-order valence-electron chi connectivity index (χ4n) is 2.53. The van der Waals surface area contributed by atoms with Crippen molar-refractivity contribution in [3.8, 4) is 0 Å². The van der Waals surface area contributed by atoms with Crippen LogP contribution in [0.1, 0.15) is 42.2 Å². The highest BCUT2D eigenvalue weighted by molar-refractivity contribution is 5.89. The fraction of sp³-hybridized carbons (Fsp3) is 0.500. The Labute approximate surface area is 117 Å². The van der Waals surface area contributed by atoms with Crippen LogP contribution in [0.3, 0.4) is 0 Å². The number of nitrogens with two attached hydrogens (primary N) is 1. The molecule has 1 aromatic heterocycles. The number of carboxylic acids is 1. The first-order valence-electron chi connectivity index (χ1n) is 6.83. The van der Waals surface area contributed by atoms with E-state index in [0.29, 0.717) is 30.9 Å². The van der Waals surface area contributed by atoms with Gasteiger partial charge in [0.2, 0.25) is 5.91 Å². The molecule has 20 heavy (non-hydrogen) atoms. The number of carbonyl (C=O) groups excluding carboxylic acids is 1. The van der Waals surface area contributed by atoms with Crippen LogP contribution in [0.5, 0.6) is 0 Å². The molecule has 108 valence electrons. The average Bonchev–Trinajstić information content (AvgIpc) is 2.46. The molecule has 1 aliphatic heterocycles. The molecule has 1 atom stereocenters. The second-order valence-corrected chi connectivity index (χ2v) is 4.97. The summed E-state index contributed by atoms with van der Waals surface area (Å²) in [6.07, 6.45) is 3.23. The van der Waals surface area contributed by atoms with Gasteiger partial charge >= 0.3 is 5.97 Å². The van der Waals surface area contributed by atoms with E-state index >= 15 is 0 Å². The van der Waals surface area contributed by atoms with Gasteiger partial charge in [-0.2, -0.15) is 0 Å². The van der Waals surface area contributed by atoms with Gasteiger partial charge in [-0.05, 0) is 37.8 Å². The summed E-state index contributed by atoms with van der Waals surface area (Å²) in [7, 11) is 0. The van der Waals surface area contributed by atoms with E-state index in [4.69, 9.17) is 10.8 Å². The van der Waals surface area contributed by atoms with E-state index in [1.54, 1.807) is 6.07 Å². The molecule has 0 radical (unpaired) electrons. The number of nitrogens with zero attached hydrogens (tertiary/aromatic N) is 2. The number of pyridine rings is 1. The van der Waals surface area contributed by atoms with Crippen molar-refractivity contribution >= 4 is 17.7 Å². The first-order chi connectivity index (χ1) is 9.52. The predicted octanol–water partition coefficient (Wildman–Crippen LogP) is 1.19. The van der Waals surface area contributed by atoms with Crippen molar-refractivity contribution in [3.05, 3.63) is 23.4 Å². The highest BCUT2D eigenvalue weighted by Crippen LogP contribution is 2.24. The Balaban J connectivity index is 2.41. The standard InChI is InChI=1S/C14H19N3O3/c1-2-10-7-9(14(19)20)8-12(16-10)17-6-4-3-5-11(17)13(15)18/h7-8,11H,2-6H2,1H3,(H2,15,18)(H,19,20). The van der Waals surface area contributed by atoms with Crippen LogP contribution in [0.25, 0.3) is 0 Å². The van der Waals surface area contributed by atoms with Crippen molar-refractivity contribution in [3.63, 3.8) is 0 Å². The quantitative estimate of drug-likeness (QED) is 0.861. The predicted molar refractivity (Wildman–Crippen MR) is 74.8 cm³/mol. The van der Waals surface area contributed by atoms with Crippen LogP contribution in [-0.4, -0.2) is 34.6 Å².